The number of hydrogen-bond acceptors (Lipinski definition) is 2. The molecule has 0 aliphatic carbocycles. The maximum Gasteiger partial charge on any atom is 0.270 e. The lowest BCUT2D eigenvalue weighted by atomic mass is 10.2. The number of hydrogen-bond donors (Lipinski definition) is 0. The van der Waals surface area contributed by atoms with E-state index in [-0.39, 0.29) is 23.9 Å². The fourth-order valence-electron chi connectivity index (χ4n) is 3.86. The van der Waals surface area contributed by atoms with Crippen LogP contribution in [0.25, 0.3) is 10.9 Å². The number of carbonyl (C=O) groups excluding carboxylic acids is 1. The Labute approximate surface area is 158 Å². The van der Waals surface area contributed by atoms with Crippen LogP contribution in [0.15, 0.2) is 54.6 Å². The van der Waals surface area contributed by atoms with Crippen molar-refractivity contribution in [2.45, 2.75) is 32.6 Å². The van der Waals surface area contributed by atoms with Crippen molar-refractivity contribution in [2.75, 3.05) is 13.1 Å². The first-order chi connectivity index (χ1) is 13.0. The van der Waals surface area contributed by atoms with E-state index in [1.54, 1.807) is 12.1 Å². The van der Waals surface area contributed by atoms with Gasteiger partial charge in [0.05, 0.1) is 18.8 Å². The Hall–Kier alpha value is -2.66. The zero-order valence-electron chi connectivity index (χ0n) is 15.6. The van der Waals surface area contributed by atoms with Gasteiger partial charge in [0.2, 0.25) is 0 Å². The summed E-state index contributed by atoms with van der Waals surface area (Å²) in [5.74, 6) is -0.299. The molecule has 2 unspecified atom stereocenters. The van der Waals surface area contributed by atoms with Crippen molar-refractivity contribution in [3.63, 3.8) is 0 Å². The van der Waals surface area contributed by atoms with Crippen molar-refractivity contribution in [3.05, 3.63) is 71.7 Å². The lowest BCUT2D eigenvalue weighted by Gasteiger charge is -2.35. The number of carbonyl (C=O) groups is 1. The van der Waals surface area contributed by atoms with Gasteiger partial charge in [-0.05, 0) is 32.0 Å². The number of para-hydroxylation sites is 1. The van der Waals surface area contributed by atoms with E-state index in [2.05, 4.69) is 0 Å². The highest BCUT2D eigenvalue weighted by Gasteiger charge is 2.29. The number of fused-ring (bicyclic) bond motifs is 1. The SMILES string of the molecule is CC1CN(C(=O)c2cc3ccccc3n2Cc2ccccc2F)CC(C)O1. The summed E-state index contributed by atoms with van der Waals surface area (Å²) >= 11 is 0. The van der Waals surface area contributed by atoms with Crippen LogP contribution in [0.2, 0.25) is 0 Å². The van der Waals surface area contributed by atoms with Crippen molar-refractivity contribution in [3.8, 4) is 0 Å². The van der Waals surface area contributed by atoms with Crippen LogP contribution in [0.1, 0.15) is 29.9 Å². The van der Waals surface area contributed by atoms with Crippen LogP contribution in [0, 0.1) is 5.82 Å². The molecule has 1 aliphatic rings. The molecule has 3 aromatic rings. The number of aromatic nitrogens is 1. The third-order valence-corrected chi connectivity index (χ3v) is 5.02. The van der Waals surface area contributed by atoms with E-state index in [9.17, 15) is 9.18 Å². The topological polar surface area (TPSA) is 34.5 Å². The van der Waals surface area contributed by atoms with E-state index in [0.29, 0.717) is 30.9 Å². The first-order valence-electron chi connectivity index (χ1n) is 9.29. The Morgan fingerprint density at radius 2 is 1.74 bits per heavy atom. The molecule has 4 rings (SSSR count). The van der Waals surface area contributed by atoms with Gasteiger partial charge in [0.25, 0.3) is 5.91 Å². The molecule has 2 heterocycles. The number of nitrogens with zero attached hydrogens (tertiary/aromatic N) is 2. The van der Waals surface area contributed by atoms with Gasteiger partial charge in [0, 0.05) is 29.6 Å². The maximum absolute atomic E-state index is 14.2. The molecule has 2 atom stereocenters. The highest BCUT2D eigenvalue weighted by Crippen LogP contribution is 2.24. The van der Waals surface area contributed by atoms with E-state index in [0.717, 1.165) is 10.9 Å². The van der Waals surface area contributed by atoms with Crippen molar-refractivity contribution < 1.29 is 13.9 Å². The molecule has 0 N–H and O–H groups in total. The Kier molecular flexibility index (Phi) is 4.70. The van der Waals surface area contributed by atoms with E-state index in [4.69, 9.17) is 4.74 Å². The third-order valence-electron chi connectivity index (χ3n) is 5.02. The number of benzene rings is 2. The number of rotatable bonds is 3. The highest BCUT2D eigenvalue weighted by molar-refractivity contribution is 5.99. The Balaban J connectivity index is 1.76. The maximum atomic E-state index is 14.2. The van der Waals surface area contributed by atoms with Gasteiger partial charge in [-0.15, -0.1) is 0 Å². The Morgan fingerprint density at radius 3 is 2.48 bits per heavy atom. The summed E-state index contributed by atoms with van der Waals surface area (Å²) in [4.78, 5) is 15.2. The number of amides is 1. The van der Waals surface area contributed by atoms with Gasteiger partial charge in [-0.1, -0.05) is 36.4 Å². The molecule has 1 amide bonds. The van der Waals surface area contributed by atoms with Crippen LogP contribution >= 0.6 is 0 Å². The first kappa shape index (κ1) is 17.7. The smallest absolute Gasteiger partial charge is 0.270 e. The molecule has 1 fully saturated rings. The molecule has 0 radical (unpaired) electrons. The van der Waals surface area contributed by atoms with E-state index < -0.39 is 0 Å². The van der Waals surface area contributed by atoms with Crippen LogP contribution in [-0.4, -0.2) is 40.7 Å². The van der Waals surface area contributed by atoms with Gasteiger partial charge in [-0.2, -0.15) is 0 Å². The number of ether oxygens (including phenoxy) is 1. The van der Waals surface area contributed by atoms with E-state index in [1.165, 1.54) is 6.07 Å². The van der Waals surface area contributed by atoms with Crippen molar-refractivity contribution in [2.24, 2.45) is 0 Å². The lowest BCUT2D eigenvalue weighted by Crippen LogP contribution is -2.48. The molecule has 0 bridgehead atoms. The largest absolute Gasteiger partial charge is 0.372 e. The standard InChI is InChI=1S/C22H23FN2O2/c1-15-12-24(13-16(2)27-15)22(26)21-11-17-7-4-6-10-20(17)25(21)14-18-8-3-5-9-19(18)23/h3-11,15-16H,12-14H2,1-2H3. The van der Waals surface area contributed by atoms with Crippen LogP contribution in [-0.2, 0) is 11.3 Å². The molecule has 5 heteroatoms. The van der Waals surface area contributed by atoms with Gasteiger partial charge in [-0.25, -0.2) is 4.39 Å². The average Bonchev–Trinajstić information content (AvgIpc) is 3.01. The summed E-state index contributed by atoms with van der Waals surface area (Å²) in [5, 5.41) is 0.978. The zero-order valence-corrected chi connectivity index (χ0v) is 15.6. The van der Waals surface area contributed by atoms with Crippen molar-refractivity contribution in [1.82, 2.24) is 9.47 Å². The molecule has 2 aromatic carbocycles. The fourth-order valence-corrected chi connectivity index (χ4v) is 3.86. The second-order valence-corrected chi connectivity index (χ2v) is 7.23. The molecule has 4 nitrogen and oxygen atoms in total. The molecule has 1 aromatic heterocycles. The van der Waals surface area contributed by atoms with Gasteiger partial charge < -0.3 is 14.2 Å². The van der Waals surface area contributed by atoms with Crippen LogP contribution < -0.4 is 0 Å². The molecular weight excluding hydrogens is 343 g/mol. The number of halogens is 1. The minimum atomic E-state index is -0.262. The molecule has 0 spiro atoms. The minimum absolute atomic E-state index is 0.00194. The Bertz CT molecular complexity index is 971. The van der Waals surface area contributed by atoms with Crippen LogP contribution in [0.4, 0.5) is 4.39 Å². The zero-order chi connectivity index (χ0) is 19.0. The molecule has 1 aliphatic heterocycles. The van der Waals surface area contributed by atoms with Gasteiger partial charge in [0.1, 0.15) is 11.5 Å². The van der Waals surface area contributed by atoms with Gasteiger partial charge in [-0.3, -0.25) is 4.79 Å². The minimum Gasteiger partial charge on any atom is -0.372 e. The van der Waals surface area contributed by atoms with E-state index >= 15 is 0 Å². The van der Waals surface area contributed by atoms with Crippen molar-refractivity contribution >= 4 is 16.8 Å². The van der Waals surface area contributed by atoms with Gasteiger partial charge in [0.15, 0.2) is 0 Å². The summed E-state index contributed by atoms with van der Waals surface area (Å²) in [6.45, 7) is 5.39. The average molecular weight is 366 g/mol. The molecule has 0 saturated carbocycles. The molecular formula is C22H23FN2O2. The Morgan fingerprint density at radius 1 is 1.07 bits per heavy atom. The molecule has 140 valence electrons. The highest BCUT2D eigenvalue weighted by atomic mass is 19.1. The fraction of sp³-hybridized carbons (Fsp3) is 0.318. The number of morpholine rings is 1. The predicted octanol–water partition coefficient (Wildman–Crippen LogP) is 4.08. The second-order valence-electron chi connectivity index (χ2n) is 7.23. The lowest BCUT2D eigenvalue weighted by molar-refractivity contribution is -0.0588. The summed E-state index contributed by atoms with van der Waals surface area (Å²) in [6, 6.07) is 16.4. The third kappa shape index (κ3) is 3.47. The quantitative estimate of drug-likeness (QED) is 0.700. The first-order valence-corrected chi connectivity index (χ1v) is 9.29. The van der Waals surface area contributed by atoms with Gasteiger partial charge >= 0.3 is 0 Å². The summed E-state index contributed by atoms with van der Waals surface area (Å²) in [7, 11) is 0. The molecule has 27 heavy (non-hydrogen) atoms. The molecule has 1 saturated heterocycles. The normalized spacial score (nSPS) is 20.2. The van der Waals surface area contributed by atoms with Crippen LogP contribution in [0.5, 0.6) is 0 Å². The van der Waals surface area contributed by atoms with E-state index in [1.807, 2.05) is 59.7 Å². The predicted molar refractivity (Wildman–Crippen MR) is 103 cm³/mol. The summed E-state index contributed by atoms with van der Waals surface area (Å²) < 4.78 is 21.9. The summed E-state index contributed by atoms with van der Waals surface area (Å²) in [6.07, 6.45) is 0.00388. The second kappa shape index (κ2) is 7.16. The summed E-state index contributed by atoms with van der Waals surface area (Å²) in [5.41, 5.74) is 2.08. The monoisotopic (exact) mass is 366 g/mol. The van der Waals surface area contributed by atoms with Crippen LogP contribution in [0.3, 0.4) is 0 Å². The van der Waals surface area contributed by atoms with Crippen molar-refractivity contribution in [1.29, 1.82) is 0 Å².